The van der Waals surface area contributed by atoms with E-state index in [0.717, 1.165) is 75.7 Å². The van der Waals surface area contributed by atoms with Gasteiger partial charge in [-0.3, -0.25) is 4.90 Å². The molecule has 3 N–H and O–H groups in total. The molecule has 2 aliphatic rings. The van der Waals surface area contributed by atoms with Crippen molar-refractivity contribution in [2.75, 3.05) is 46.5 Å². The predicted molar refractivity (Wildman–Crippen MR) is 126 cm³/mol. The summed E-state index contributed by atoms with van der Waals surface area (Å²) in [5.41, 5.74) is 7.08. The molecule has 0 atom stereocenters. The second-order valence-corrected chi connectivity index (χ2v) is 7.43. The van der Waals surface area contributed by atoms with E-state index in [9.17, 15) is 0 Å². The molecule has 0 spiro atoms. The molecular formula is C21H35IN4O3. The second kappa shape index (κ2) is 13.1. The summed E-state index contributed by atoms with van der Waals surface area (Å²) in [6.07, 6.45) is 6.05. The summed E-state index contributed by atoms with van der Waals surface area (Å²) >= 11 is 0. The predicted octanol–water partition coefficient (Wildman–Crippen LogP) is 2.76. The number of methoxy groups -OCH3 is 1. The molecule has 1 heterocycles. The minimum Gasteiger partial charge on any atom is -0.497 e. The van der Waals surface area contributed by atoms with Crippen molar-refractivity contribution in [3.63, 3.8) is 0 Å². The summed E-state index contributed by atoms with van der Waals surface area (Å²) in [6, 6.07) is 5.91. The van der Waals surface area contributed by atoms with E-state index >= 15 is 0 Å². The van der Waals surface area contributed by atoms with Gasteiger partial charge in [0.2, 0.25) is 0 Å². The molecule has 1 aromatic carbocycles. The molecule has 164 valence electrons. The van der Waals surface area contributed by atoms with Crippen molar-refractivity contribution in [1.82, 2.24) is 10.2 Å². The zero-order chi connectivity index (χ0) is 19.6. The molecule has 7 nitrogen and oxygen atoms in total. The molecule has 3 rings (SSSR count). The van der Waals surface area contributed by atoms with E-state index in [-0.39, 0.29) is 24.0 Å². The molecule has 0 unspecified atom stereocenters. The number of guanidine groups is 1. The second-order valence-electron chi connectivity index (χ2n) is 7.43. The molecule has 0 bridgehead atoms. The van der Waals surface area contributed by atoms with Gasteiger partial charge in [0.25, 0.3) is 0 Å². The fourth-order valence-electron chi connectivity index (χ4n) is 3.66. The number of nitrogens with zero attached hydrogens (tertiary/aromatic N) is 2. The van der Waals surface area contributed by atoms with Crippen LogP contribution in [0.25, 0.3) is 0 Å². The van der Waals surface area contributed by atoms with Crippen molar-refractivity contribution in [3.8, 4) is 11.5 Å². The third kappa shape index (κ3) is 8.18. The maximum absolute atomic E-state index is 6.22. The molecule has 8 heteroatoms. The average Bonchev–Trinajstić information content (AvgIpc) is 3.24. The average molecular weight is 518 g/mol. The highest BCUT2D eigenvalue weighted by atomic mass is 127. The number of ether oxygens (including phenoxy) is 3. The number of rotatable bonds is 9. The first-order chi connectivity index (χ1) is 13.7. The van der Waals surface area contributed by atoms with E-state index in [1.165, 1.54) is 12.8 Å². The molecule has 1 aliphatic heterocycles. The molecule has 1 saturated carbocycles. The number of halogens is 1. The maximum atomic E-state index is 6.22. The summed E-state index contributed by atoms with van der Waals surface area (Å²) in [6.45, 7) is 6.08. The zero-order valence-corrected chi connectivity index (χ0v) is 19.7. The molecule has 0 radical (unpaired) electrons. The highest BCUT2D eigenvalue weighted by molar-refractivity contribution is 14.0. The molecule has 2 fully saturated rings. The highest BCUT2D eigenvalue weighted by Crippen LogP contribution is 2.30. The van der Waals surface area contributed by atoms with Crippen molar-refractivity contribution >= 4 is 29.9 Å². The van der Waals surface area contributed by atoms with E-state index in [1.807, 2.05) is 18.2 Å². The van der Waals surface area contributed by atoms with Crippen molar-refractivity contribution in [3.05, 3.63) is 23.8 Å². The molecule has 1 saturated heterocycles. The Morgan fingerprint density at radius 2 is 2.03 bits per heavy atom. The molecule has 29 heavy (non-hydrogen) atoms. The first-order valence-corrected chi connectivity index (χ1v) is 10.4. The van der Waals surface area contributed by atoms with Gasteiger partial charge >= 0.3 is 0 Å². The summed E-state index contributed by atoms with van der Waals surface area (Å²) < 4.78 is 16.9. The normalized spacial score (nSPS) is 18.3. The standard InChI is InChI=1S/C21H34N4O3.HI/c1-26-19-8-7-17(20(15-19)28-18-5-2-3-6-18)16-24-21(22)23-9-4-10-25-11-13-27-14-12-25;/h7-8,15,18H,2-6,9-14,16H2,1H3,(H3,22,23,24);1H. The smallest absolute Gasteiger partial charge is 0.188 e. The summed E-state index contributed by atoms with van der Waals surface area (Å²) in [7, 11) is 1.67. The van der Waals surface area contributed by atoms with Gasteiger partial charge in [-0.15, -0.1) is 24.0 Å². The highest BCUT2D eigenvalue weighted by Gasteiger charge is 2.18. The summed E-state index contributed by atoms with van der Waals surface area (Å²) in [5, 5.41) is 3.21. The lowest BCUT2D eigenvalue weighted by molar-refractivity contribution is 0.0376. The van der Waals surface area contributed by atoms with Crippen molar-refractivity contribution < 1.29 is 14.2 Å². The number of nitrogens with two attached hydrogens (primary N) is 1. The van der Waals surface area contributed by atoms with Gasteiger partial charge in [-0.05, 0) is 50.8 Å². The van der Waals surface area contributed by atoms with Crippen LogP contribution in [0.4, 0.5) is 0 Å². The van der Waals surface area contributed by atoms with Crippen LogP contribution in [0.5, 0.6) is 11.5 Å². The van der Waals surface area contributed by atoms with E-state index in [0.29, 0.717) is 18.6 Å². The van der Waals surface area contributed by atoms with Crippen molar-refractivity contribution in [2.45, 2.75) is 44.8 Å². The van der Waals surface area contributed by atoms with Gasteiger partial charge in [-0.1, -0.05) is 0 Å². The van der Waals surface area contributed by atoms with Crippen LogP contribution in [-0.4, -0.2) is 63.5 Å². The zero-order valence-electron chi connectivity index (χ0n) is 17.4. The lowest BCUT2D eigenvalue weighted by Gasteiger charge is -2.26. The van der Waals surface area contributed by atoms with Gasteiger partial charge in [-0.25, -0.2) is 4.99 Å². The van der Waals surface area contributed by atoms with Gasteiger partial charge in [-0.2, -0.15) is 0 Å². The van der Waals surface area contributed by atoms with Crippen LogP contribution >= 0.6 is 24.0 Å². The number of nitrogens with one attached hydrogen (secondary N) is 1. The lowest BCUT2D eigenvalue weighted by Crippen LogP contribution is -2.39. The lowest BCUT2D eigenvalue weighted by atomic mass is 10.2. The van der Waals surface area contributed by atoms with E-state index in [4.69, 9.17) is 19.9 Å². The maximum Gasteiger partial charge on any atom is 0.188 e. The van der Waals surface area contributed by atoms with Crippen molar-refractivity contribution in [1.29, 1.82) is 0 Å². The number of hydrogen-bond acceptors (Lipinski definition) is 5. The molecular weight excluding hydrogens is 483 g/mol. The Labute approximate surface area is 191 Å². The third-order valence-corrected chi connectivity index (χ3v) is 5.35. The Morgan fingerprint density at radius 1 is 1.28 bits per heavy atom. The Morgan fingerprint density at radius 3 is 2.76 bits per heavy atom. The van der Waals surface area contributed by atoms with Crippen LogP contribution in [0.3, 0.4) is 0 Å². The first-order valence-electron chi connectivity index (χ1n) is 10.4. The Hall–Kier alpha value is -1.26. The van der Waals surface area contributed by atoms with E-state index < -0.39 is 0 Å². The van der Waals surface area contributed by atoms with Crippen LogP contribution in [-0.2, 0) is 11.3 Å². The fraction of sp³-hybridized carbons (Fsp3) is 0.667. The Balaban J connectivity index is 0.00000300. The van der Waals surface area contributed by atoms with Crippen LogP contribution < -0.4 is 20.5 Å². The number of morpholine rings is 1. The first kappa shape index (κ1) is 24.0. The fourth-order valence-corrected chi connectivity index (χ4v) is 3.66. The Kier molecular flexibility index (Phi) is 10.9. The van der Waals surface area contributed by atoms with E-state index in [2.05, 4.69) is 15.2 Å². The van der Waals surface area contributed by atoms with Crippen molar-refractivity contribution in [2.24, 2.45) is 10.7 Å². The SMILES string of the molecule is COc1ccc(CN=C(N)NCCCN2CCOCC2)c(OC2CCCC2)c1.I. The van der Waals surface area contributed by atoms with Crippen LogP contribution in [0.15, 0.2) is 23.2 Å². The van der Waals surface area contributed by atoms with E-state index in [1.54, 1.807) is 7.11 Å². The molecule has 0 amide bonds. The largest absolute Gasteiger partial charge is 0.497 e. The van der Waals surface area contributed by atoms with Gasteiger partial charge < -0.3 is 25.3 Å². The number of aliphatic imine (C=N–C) groups is 1. The minimum atomic E-state index is 0. The van der Waals surface area contributed by atoms with Gasteiger partial charge in [0.15, 0.2) is 5.96 Å². The summed E-state index contributed by atoms with van der Waals surface area (Å²) in [5.74, 6) is 2.13. The molecule has 1 aliphatic carbocycles. The van der Waals surface area contributed by atoms with Crippen LogP contribution in [0.1, 0.15) is 37.7 Å². The molecule has 0 aromatic heterocycles. The van der Waals surface area contributed by atoms with Gasteiger partial charge in [0.05, 0.1) is 33.0 Å². The van der Waals surface area contributed by atoms with Gasteiger partial charge in [0.1, 0.15) is 11.5 Å². The topological polar surface area (TPSA) is 81.3 Å². The van der Waals surface area contributed by atoms with Crippen LogP contribution in [0, 0.1) is 0 Å². The third-order valence-electron chi connectivity index (χ3n) is 5.35. The van der Waals surface area contributed by atoms with Gasteiger partial charge in [0, 0.05) is 31.3 Å². The quantitative estimate of drug-likeness (QED) is 0.227. The molecule has 1 aromatic rings. The number of hydrogen-bond donors (Lipinski definition) is 2. The number of benzene rings is 1. The van der Waals surface area contributed by atoms with Crippen LogP contribution in [0.2, 0.25) is 0 Å². The minimum absolute atomic E-state index is 0. The Bertz CT molecular complexity index is 632. The monoisotopic (exact) mass is 518 g/mol. The summed E-state index contributed by atoms with van der Waals surface area (Å²) in [4.78, 5) is 6.92.